The minimum absolute atomic E-state index is 0.121. The van der Waals surface area contributed by atoms with Crippen molar-refractivity contribution >= 4 is 37.1 Å². The molecule has 0 spiro atoms. The van der Waals surface area contributed by atoms with Crippen molar-refractivity contribution in [1.29, 1.82) is 0 Å². The molecule has 0 N–H and O–H groups in total. The van der Waals surface area contributed by atoms with Crippen molar-refractivity contribution < 1.29 is 75.2 Å². The lowest BCUT2D eigenvalue weighted by Gasteiger charge is -2.53. The first-order valence-electron chi connectivity index (χ1n) is 16.5. The van der Waals surface area contributed by atoms with Crippen LogP contribution in [-0.4, -0.2) is 29.0 Å². The van der Waals surface area contributed by atoms with Gasteiger partial charge in [-0.2, -0.15) is 0 Å². The van der Waals surface area contributed by atoms with Gasteiger partial charge in [-0.3, -0.25) is 0 Å². The van der Waals surface area contributed by atoms with Crippen molar-refractivity contribution in [3.05, 3.63) is 112 Å². The molecule has 0 aromatic heterocycles. The number of halogens is 15. The van der Waals surface area contributed by atoms with E-state index in [1.807, 2.05) is 24.3 Å². The summed E-state index contributed by atoms with van der Waals surface area (Å²) in [5, 5.41) is 0.364. The summed E-state index contributed by atoms with van der Waals surface area (Å²) in [7, 11) is -1.72. The maximum Gasteiger partial charge on any atom is 0.807 e. The third-order valence-electron chi connectivity index (χ3n) is 9.76. The quantitative estimate of drug-likeness (QED) is 0.0671. The van der Waals surface area contributed by atoms with E-state index < -0.39 is 118 Å². The summed E-state index contributed by atoms with van der Waals surface area (Å²) in [6, 6.07) is 8.04. The Kier molecular flexibility index (Phi) is 12.0. The highest BCUT2D eigenvalue weighted by Gasteiger charge is 2.78. The molecule has 304 valence electrons. The van der Waals surface area contributed by atoms with Crippen LogP contribution in [0.2, 0.25) is 0 Å². The van der Waals surface area contributed by atoms with Crippen LogP contribution in [0.4, 0.5) is 65.9 Å². The summed E-state index contributed by atoms with van der Waals surface area (Å²) in [6.07, 6.45) is 0. The Labute approximate surface area is 312 Å². The number of para-hydroxylation sites is 2. The second kappa shape index (κ2) is 15.1. The Morgan fingerprint density at radius 2 is 0.571 bits per heavy atom. The van der Waals surface area contributed by atoms with Gasteiger partial charge in [-0.15, -0.1) is 16.4 Å². The lowest BCUT2D eigenvalue weighted by Crippen LogP contribution is -2.60. The normalized spacial score (nSPS) is 13.4. The van der Waals surface area contributed by atoms with Gasteiger partial charge in [0, 0.05) is 0 Å². The monoisotopic (exact) mass is 834 g/mol. The first-order valence-corrected chi connectivity index (χ1v) is 18.4. The van der Waals surface area contributed by atoms with Crippen LogP contribution in [0.5, 0.6) is 11.5 Å². The summed E-state index contributed by atoms with van der Waals surface area (Å²) in [5.74, 6) is -43.1. The molecule has 0 atom stereocenters. The van der Waals surface area contributed by atoms with E-state index in [0.717, 1.165) is 11.5 Å². The Balaban J connectivity index is 0.000000273. The fraction of sp³-hybridized carbons (Fsp3) is 0.333. The molecular formula is C36H32B2F15O2P. The van der Waals surface area contributed by atoms with Crippen LogP contribution in [0.3, 0.4) is 0 Å². The molecular weight excluding hydrogens is 802 g/mol. The lowest BCUT2D eigenvalue weighted by molar-refractivity contribution is 0.380. The molecule has 0 fully saturated rings. The highest BCUT2D eigenvalue weighted by Crippen LogP contribution is 2.85. The van der Waals surface area contributed by atoms with E-state index in [1.165, 1.54) is 0 Å². The standard InChI is InChI=1S/C18HBF15.C18H31BO2P/c20-4-1(5(21)11(27)16(32)10(4)26)19(2-6(22)12(28)17(33)13(29)7(2)23)3-8(24)14(30)18(34)15(31)9(3)25;1-16(2,3)22(17(4,5)6,18(7,8)9)19-20-14-12-10-11-13-15(14)21-19/h19H;10-13H,1-9H3/q-1;+1. The summed E-state index contributed by atoms with van der Waals surface area (Å²) < 4.78 is 222. The Morgan fingerprint density at radius 3 is 0.768 bits per heavy atom. The summed E-state index contributed by atoms with van der Waals surface area (Å²) in [5.41, 5.74) is -7.78. The first-order chi connectivity index (χ1) is 25.5. The maximum absolute atomic E-state index is 14.4. The van der Waals surface area contributed by atoms with Crippen molar-refractivity contribution in [2.75, 3.05) is 0 Å². The SMILES string of the molecule is CC(C)(C)[P+](B1Oc2ccccc2O1)(C(C)(C)C)C(C)(C)C.Fc1c(F)c(F)c([BH-](c2c(F)c(F)c(F)c(F)c2F)c2c(F)c(F)c(F)c(F)c2F)c(F)c1F. The molecule has 4 aromatic rings. The Bertz CT molecular complexity index is 1900. The van der Waals surface area contributed by atoms with Gasteiger partial charge in [0.05, 0.1) is 29.3 Å². The maximum atomic E-state index is 14.4. The minimum Gasteiger partial charge on any atom is -0.487 e. The average molecular weight is 834 g/mol. The molecule has 2 nitrogen and oxygen atoms in total. The van der Waals surface area contributed by atoms with Gasteiger partial charge >= 0.3 is 6.84 Å². The number of fused-ring (bicyclic) bond motifs is 1. The molecule has 0 unspecified atom stereocenters. The van der Waals surface area contributed by atoms with Gasteiger partial charge in [0.15, 0.2) is 52.4 Å². The van der Waals surface area contributed by atoms with Crippen molar-refractivity contribution in [3.8, 4) is 11.5 Å². The van der Waals surface area contributed by atoms with Gasteiger partial charge in [0.25, 0.3) is 0 Å². The smallest absolute Gasteiger partial charge is 0.487 e. The van der Waals surface area contributed by atoms with Gasteiger partial charge in [-0.25, -0.2) is 65.9 Å². The molecule has 1 aliphatic rings. The summed E-state index contributed by atoms with van der Waals surface area (Å²) in [4.78, 5) is 0. The fourth-order valence-electron chi connectivity index (χ4n) is 8.42. The van der Waals surface area contributed by atoms with Gasteiger partial charge in [-0.1, -0.05) is 12.1 Å². The van der Waals surface area contributed by atoms with Crippen LogP contribution >= 0.6 is 7.14 Å². The molecule has 5 rings (SSSR count). The second-order valence-electron chi connectivity index (χ2n) is 15.9. The van der Waals surface area contributed by atoms with Gasteiger partial charge in [-0.05, 0) is 74.4 Å². The van der Waals surface area contributed by atoms with Crippen LogP contribution in [0.25, 0.3) is 0 Å². The molecule has 0 amide bonds. The number of rotatable bonds is 4. The highest BCUT2D eigenvalue weighted by molar-refractivity contribution is 8.05. The van der Waals surface area contributed by atoms with E-state index in [0.29, 0.717) is 0 Å². The molecule has 1 heterocycles. The molecule has 56 heavy (non-hydrogen) atoms. The second-order valence-corrected chi connectivity index (χ2v) is 21.8. The van der Waals surface area contributed by atoms with Crippen molar-refractivity contribution in [2.45, 2.75) is 77.8 Å². The van der Waals surface area contributed by atoms with E-state index in [1.54, 1.807) is 0 Å². The van der Waals surface area contributed by atoms with E-state index in [9.17, 15) is 65.9 Å². The Hall–Kier alpha value is -4.01. The topological polar surface area (TPSA) is 18.5 Å². The highest BCUT2D eigenvalue weighted by atomic mass is 31.2. The fourth-order valence-corrected chi connectivity index (χ4v) is 16.9. The largest absolute Gasteiger partial charge is 0.807 e. The zero-order valence-electron chi connectivity index (χ0n) is 31.0. The molecule has 4 aromatic carbocycles. The van der Waals surface area contributed by atoms with Crippen molar-refractivity contribution in [2.24, 2.45) is 0 Å². The number of benzene rings is 4. The van der Waals surface area contributed by atoms with E-state index in [4.69, 9.17) is 9.31 Å². The third-order valence-corrected chi connectivity index (χ3v) is 17.0. The zero-order valence-corrected chi connectivity index (χ0v) is 31.9. The van der Waals surface area contributed by atoms with Crippen LogP contribution < -0.4 is 25.7 Å². The Morgan fingerprint density at radius 1 is 0.375 bits per heavy atom. The molecule has 0 aliphatic carbocycles. The van der Waals surface area contributed by atoms with Gasteiger partial charge in [0.1, 0.15) is 46.4 Å². The predicted octanol–water partition coefficient (Wildman–Crippen LogP) is 9.88. The molecule has 0 saturated carbocycles. The van der Waals surface area contributed by atoms with E-state index >= 15 is 0 Å². The van der Waals surface area contributed by atoms with E-state index in [2.05, 4.69) is 62.3 Å². The van der Waals surface area contributed by atoms with Gasteiger partial charge in [0.2, 0.25) is 0 Å². The summed E-state index contributed by atoms with van der Waals surface area (Å²) >= 11 is 0. The molecule has 0 bridgehead atoms. The molecule has 0 radical (unpaired) electrons. The first kappa shape index (κ1) is 44.7. The van der Waals surface area contributed by atoms with Crippen molar-refractivity contribution in [3.63, 3.8) is 0 Å². The van der Waals surface area contributed by atoms with E-state index in [-0.39, 0.29) is 22.3 Å². The lowest BCUT2D eigenvalue weighted by atomic mass is 9.36. The minimum atomic E-state index is -5.16. The average Bonchev–Trinajstić information content (AvgIpc) is 3.52. The van der Waals surface area contributed by atoms with Crippen LogP contribution in [0.15, 0.2) is 24.3 Å². The molecule has 0 saturated heterocycles. The van der Waals surface area contributed by atoms with Crippen LogP contribution in [0, 0.1) is 87.3 Å². The summed E-state index contributed by atoms with van der Waals surface area (Å²) in [6.45, 7) is 15.8. The molecule has 20 heteroatoms. The van der Waals surface area contributed by atoms with Crippen LogP contribution in [-0.2, 0) is 0 Å². The molecule has 1 aliphatic heterocycles. The zero-order chi connectivity index (χ0) is 42.9. The third kappa shape index (κ3) is 6.89. The number of hydrogen-bond acceptors (Lipinski definition) is 2. The number of hydrogen-bond donors (Lipinski definition) is 0. The van der Waals surface area contributed by atoms with Crippen LogP contribution in [0.1, 0.15) is 62.3 Å². The van der Waals surface area contributed by atoms with Crippen molar-refractivity contribution in [1.82, 2.24) is 0 Å². The predicted molar refractivity (Wildman–Crippen MR) is 184 cm³/mol. The van der Waals surface area contributed by atoms with Gasteiger partial charge < -0.3 is 9.31 Å².